The predicted octanol–water partition coefficient (Wildman–Crippen LogP) is 3.79. The molecule has 2 atom stereocenters. The summed E-state index contributed by atoms with van der Waals surface area (Å²) in [5, 5.41) is 9.06. The third kappa shape index (κ3) is 4.71. The number of piperazine rings is 1. The van der Waals surface area contributed by atoms with Gasteiger partial charge in [0.2, 0.25) is 5.91 Å². The zero-order valence-electron chi connectivity index (χ0n) is 19.0. The molecule has 6 nitrogen and oxygen atoms in total. The molecule has 2 aliphatic rings. The molecule has 1 saturated carbocycles. The Bertz CT molecular complexity index is 1190. The van der Waals surface area contributed by atoms with E-state index in [1.165, 1.54) is 11.3 Å². The van der Waals surface area contributed by atoms with Crippen molar-refractivity contribution in [1.82, 2.24) is 15.5 Å². The first-order valence-corrected chi connectivity index (χ1v) is 12.9. The van der Waals surface area contributed by atoms with Gasteiger partial charge < -0.3 is 15.5 Å². The first-order chi connectivity index (χ1) is 16.6. The molecule has 5 rings (SSSR count). The Hall–Kier alpha value is -3.19. The molecule has 0 spiro atoms. The van der Waals surface area contributed by atoms with Gasteiger partial charge in [-0.15, -0.1) is 11.3 Å². The summed E-state index contributed by atoms with van der Waals surface area (Å²) >= 11 is 1.63. The minimum absolute atomic E-state index is 0.0672. The van der Waals surface area contributed by atoms with E-state index in [0.29, 0.717) is 6.42 Å². The zero-order chi connectivity index (χ0) is 23.5. The van der Waals surface area contributed by atoms with Crippen molar-refractivity contribution in [3.63, 3.8) is 0 Å². The van der Waals surface area contributed by atoms with Crippen LogP contribution in [0.3, 0.4) is 0 Å². The van der Waals surface area contributed by atoms with Crippen molar-refractivity contribution in [3.05, 3.63) is 71.1 Å². The van der Waals surface area contributed by atoms with Gasteiger partial charge in [0.1, 0.15) is 6.04 Å². The van der Waals surface area contributed by atoms with Crippen LogP contribution in [0.15, 0.2) is 60.0 Å². The molecule has 1 aromatic heterocycles. The summed E-state index contributed by atoms with van der Waals surface area (Å²) in [6, 6.07) is 15.8. The Kier molecular flexibility index (Phi) is 6.63. The zero-order valence-corrected chi connectivity index (χ0v) is 19.9. The van der Waals surface area contributed by atoms with Crippen molar-refractivity contribution in [1.29, 1.82) is 0 Å². The Balaban J connectivity index is 1.40. The van der Waals surface area contributed by atoms with Gasteiger partial charge in [0, 0.05) is 23.7 Å². The second kappa shape index (κ2) is 9.97. The predicted molar refractivity (Wildman–Crippen MR) is 133 cm³/mol. The van der Waals surface area contributed by atoms with Gasteiger partial charge >= 0.3 is 0 Å². The number of benzene rings is 2. The van der Waals surface area contributed by atoms with Crippen LogP contribution < -0.4 is 10.6 Å². The fourth-order valence-electron chi connectivity index (χ4n) is 5.07. The Morgan fingerprint density at radius 3 is 2.53 bits per heavy atom. The molecule has 0 bridgehead atoms. The number of thiophene rings is 1. The van der Waals surface area contributed by atoms with E-state index in [0.717, 1.165) is 46.9 Å². The van der Waals surface area contributed by atoms with Crippen molar-refractivity contribution in [3.8, 4) is 0 Å². The molecule has 2 heterocycles. The maximum absolute atomic E-state index is 13.7. The average molecular weight is 476 g/mol. The van der Waals surface area contributed by atoms with Crippen molar-refractivity contribution < 1.29 is 14.4 Å². The van der Waals surface area contributed by atoms with Gasteiger partial charge in [-0.2, -0.15) is 0 Å². The molecule has 2 N–H and O–H groups in total. The molecule has 176 valence electrons. The Morgan fingerprint density at radius 2 is 1.74 bits per heavy atom. The van der Waals surface area contributed by atoms with E-state index in [4.69, 9.17) is 0 Å². The van der Waals surface area contributed by atoms with E-state index < -0.39 is 18.0 Å². The van der Waals surface area contributed by atoms with E-state index in [1.807, 2.05) is 53.9 Å². The maximum Gasteiger partial charge on any atom is 0.253 e. The first-order valence-electron chi connectivity index (χ1n) is 12.0. The summed E-state index contributed by atoms with van der Waals surface area (Å²) in [6.07, 6.45) is 5.56. The van der Waals surface area contributed by atoms with Gasteiger partial charge in [-0.1, -0.05) is 67.8 Å². The standard InChI is InChI=1S/C27H29N3O3S/c31-25(28-20-11-5-2-6-12-20)24-26(32)29-22(15-19-17-34-23-14-8-7-13-21(19)23)27(33)30(24)16-18-9-3-1-4-10-18/h1,3-4,7-10,13-14,17,20,22,24H,2,5-6,11-12,15-16H2,(H,28,31)(H,29,32). The van der Waals surface area contributed by atoms with Crippen LogP contribution >= 0.6 is 11.3 Å². The number of amides is 3. The highest BCUT2D eigenvalue weighted by Gasteiger charge is 2.45. The molecule has 2 fully saturated rings. The van der Waals surface area contributed by atoms with Crippen molar-refractivity contribution in [2.75, 3.05) is 0 Å². The SMILES string of the molecule is O=C(NC1CCCCC1)C1C(=O)NC(Cc2csc3ccccc23)C(=O)N1Cc1ccccc1. The van der Waals surface area contributed by atoms with E-state index in [1.54, 1.807) is 11.3 Å². The summed E-state index contributed by atoms with van der Waals surface area (Å²) in [6.45, 7) is 0.219. The molecule has 7 heteroatoms. The van der Waals surface area contributed by atoms with Crippen molar-refractivity contribution >= 4 is 39.1 Å². The fraction of sp³-hybridized carbons (Fsp3) is 0.370. The quantitative estimate of drug-likeness (QED) is 0.533. The molecular weight excluding hydrogens is 446 g/mol. The summed E-state index contributed by atoms with van der Waals surface area (Å²) in [5.41, 5.74) is 1.92. The molecule has 34 heavy (non-hydrogen) atoms. The van der Waals surface area contributed by atoms with Gasteiger partial charge in [0.15, 0.2) is 6.04 Å². The van der Waals surface area contributed by atoms with Crippen LogP contribution in [0.1, 0.15) is 43.2 Å². The highest BCUT2D eigenvalue weighted by atomic mass is 32.1. The molecule has 2 aromatic carbocycles. The lowest BCUT2D eigenvalue weighted by Gasteiger charge is -2.39. The summed E-state index contributed by atoms with van der Waals surface area (Å²) < 4.78 is 1.15. The van der Waals surface area contributed by atoms with Gasteiger partial charge in [0.05, 0.1) is 0 Å². The van der Waals surface area contributed by atoms with Crippen molar-refractivity contribution in [2.45, 2.75) is 63.2 Å². The fourth-order valence-corrected chi connectivity index (χ4v) is 6.04. The molecule has 3 amide bonds. The monoisotopic (exact) mass is 475 g/mol. The van der Waals surface area contributed by atoms with Gasteiger partial charge in [0.25, 0.3) is 11.8 Å². The van der Waals surface area contributed by atoms with Crippen LogP contribution in [0.25, 0.3) is 10.1 Å². The first kappa shape index (κ1) is 22.6. The van der Waals surface area contributed by atoms with Gasteiger partial charge in [-0.3, -0.25) is 14.4 Å². The average Bonchev–Trinajstić information content (AvgIpc) is 3.26. The molecule has 3 aromatic rings. The van der Waals surface area contributed by atoms with E-state index in [9.17, 15) is 14.4 Å². The topological polar surface area (TPSA) is 78.5 Å². The minimum atomic E-state index is -1.16. The number of fused-ring (bicyclic) bond motifs is 1. The van der Waals surface area contributed by atoms with E-state index >= 15 is 0 Å². The lowest BCUT2D eigenvalue weighted by atomic mass is 9.94. The minimum Gasteiger partial charge on any atom is -0.351 e. The number of hydrogen-bond acceptors (Lipinski definition) is 4. The largest absolute Gasteiger partial charge is 0.351 e. The number of nitrogens with one attached hydrogen (secondary N) is 2. The Labute approximate surface area is 203 Å². The maximum atomic E-state index is 13.7. The van der Waals surface area contributed by atoms with Crippen LogP contribution in [0.2, 0.25) is 0 Å². The van der Waals surface area contributed by atoms with Crippen LogP contribution in [0.5, 0.6) is 0 Å². The van der Waals surface area contributed by atoms with Crippen LogP contribution in [-0.2, 0) is 27.3 Å². The van der Waals surface area contributed by atoms with E-state index in [-0.39, 0.29) is 24.4 Å². The summed E-state index contributed by atoms with van der Waals surface area (Å²) in [7, 11) is 0. The third-order valence-corrected chi connectivity index (χ3v) is 7.85. The number of nitrogens with zero attached hydrogens (tertiary/aromatic N) is 1. The normalized spacial score (nSPS) is 21.5. The van der Waals surface area contributed by atoms with Gasteiger partial charge in [-0.25, -0.2) is 0 Å². The summed E-state index contributed by atoms with van der Waals surface area (Å²) in [5.74, 6) is -1.01. The molecular formula is C27H29N3O3S. The van der Waals surface area contributed by atoms with Crippen LogP contribution in [0.4, 0.5) is 0 Å². The lowest BCUT2D eigenvalue weighted by Crippen LogP contribution is -2.67. The molecule has 2 unspecified atom stereocenters. The van der Waals surface area contributed by atoms with Gasteiger partial charge in [-0.05, 0) is 40.8 Å². The summed E-state index contributed by atoms with van der Waals surface area (Å²) in [4.78, 5) is 41.7. The van der Waals surface area contributed by atoms with Crippen molar-refractivity contribution in [2.24, 2.45) is 0 Å². The molecule has 1 aliphatic carbocycles. The number of rotatable bonds is 6. The molecule has 1 saturated heterocycles. The second-order valence-corrected chi connectivity index (χ2v) is 10.1. The number of carbonyl (C=O) groups excluding carboxylic acids is 3. The second-order valence-electron chi connectivity index (χ2n) is 9.22. The van der Waals surface area contributed by atoms with Crippen LogP contribution in [0, 0.1) is 0 Å². The number of carbonyl (C=O) groups is 3. The Morgan fingerprint density at radius 1 is 1.00 bits per heavy atom. The third-order valence-electron chi connectivity index (χ3n) is 6.84. The molecule has 1 aliphatic heterocycles. The highest BCUT2D eigenvalue weighted by Crippen LogP contribution is 2.28. The van der Waals surface area contributed by atoms with E-state index in [2.05, 4.69) is 16.7 Å². The van der Waals surface area contributed by atoms with Crippen LogP contribution in [-0.4, -0.2) is 40.7 Å². The lowest BCUT2D eigenvalue weighted by molar-refractivity contribution is -0.155. The highest BCUT2D eigenvalue weighted by molar-refractivity contribution is 7.17. The number of hydrogen-bond donors (Lipinski definition) is 2. The molecule has 0 radical (unpaired) electrons. The smallest absolute Gasteiger partial charge is 0.253 e.